The first-order valence-corrected chi connectivity index (χ1v) is 9.94. The van der Waals surface area contributed by atoms with E-state index < -0.39 is 18.5 Å². The van der Waals surface area contributed by atoms with Gasteiger partial charge in [0.25, 0.3) is 11.1 Å². The Hall–Kier alpha value is -2.55. The van der Waals surface area contributed by atoms with Crippen LogP contribution in [0.25, 0.3) is 0 Å². The molecular formula is C19H25N3O5S. The standard InChI is InChI=1S/C19H25N3O5S/c1-13-5-4-6-14(2)18(13)20-15(23)11-21(3)16(24)12-27-17(25)7-8-22-9-10-28-19(22)26/h4-6H,7-12H2,1-3H3,(H,20,23). The number of esters is 1. The number of rotatable bonds is 8. The zero-order valence-corrected chi connectivity index (χ0v) is 17.1. The Balaban J connectivity index is 1.72. The summed E-state index contributed by atoms with van der Waals surface area (Å²) >= 11 is 1.22. The molecule has 1 aromatic rings. The number of nitrogens with one attached hydrogen (secondary N) is 1. The zero-order valence-electron chi connectivity index (χ0n) is 16.3. The Bertz CT molecular complexity index is 748. The molecule has 0 saturated carbocycles. The van der Waals surface area contributed by atoms with E-state index >= 15 is 0 Å². The third-order valence-corrected chi connectivity index (χ3v) is 5.23. The van der Waals surface area contributed by atoms with Gasteiger partial charge in [0.05, 0.1) is 13.0 Å². The largest absolute Gasteiger partial charge is 0.456 e. The Labute approximate surface area is 168 Å². The lowest BCUT2D eigenvalue weighted by atomic mass is 10.1. The van der Waals surface area contributed by atoms with Gasteiger partial charge in [0.15, 0.2) is 6.61 Å². The predicted octanol–water partition coefficient (Wildman–Crippen LogP) is 1.80. The van der Waals surface area contributed by atoms with E-state index in [2.05, 4.69) is 5.32 Å². The molecule has 8 nitrogen and oxygen atoms in total. The van der Waals surface area contributed by atoms with E-state index in [0.717, 1.165) is 22.6 Å². The first-order valence-electron chi connectivity index (χ1n) is 8.95. The van der Waals surface area contributed by atoms with Crippen molar-refractivity contribution in [1.29, 1.82) is 0 Å². The molecule has 0 atom stereocenters. The number of ether oxygens (including phenoxy) is 1. The maximum Gasteiger partial charge on any atom is 0.308 e. The topological polar surface area (TPSA) is 96.0 Å². The Kier molecular flexibility index (Phi) is 7.86. The quantitative estimate of drug-likeness (QED) is 0.660. The third-order valence-electron chi connectivity index (χ3n) is 4.34. The molecule has 0 aliphatic carbocycles. The van der Waals surface area contributed by atoms with Crippen LogP contribution >= 0.6 is 11.8 Å². The molecular weight excluding hydrogens is 382 g/mol. The van der Waals surface area contributed by atoms with Crippen molar-refractivity contribution in [2.45, 2.75) is 20.3 Å². The lowest BCUT2D eigenvalue weighted by molar-refractivity contribution is -0.151. The number of para-hydroxylation sites is 1. The van der Waals surface area contributed by atoms with Crippen LogP contribution in [-0.4, -0.2) is 71.9 Å². The molecule has 0 unspecified atom stereocenters. The van der Waals surface area contributed by atoms with Crippen LogP contribution in [0.4, 0.5) is 10.5 Å². The lowest BCUT2D eigenvalue weighted by Gasteiger charge is -2.18. The van der Waals surface area contributed by atoms with Crippen molar-refractivity contribution in [3.05, 3.63) is 29.3 Å². The molecule has 3 amide bonds. The number of nitrogens with zero attached hydrogens (tertiary/aromatic N) is 2. The summed E-state index contributed by atoms with van der Waals surface area (Å²) in [5, 5.41) is 2.76. The molecule has 1 fully saturated rings. The molecule has 0 spiro atoms. The minimum atomic E-state index is -0.550. The number of likely N-dealkylation sites (N-methyl/N-ethyl adjacent to an activating group) is 1. The van der Waals surface area contributed by atoms with Crippen molar-refractivity contribution in [3.63, 3.8) is 0 Å². The van der Waals surface area contributed by atoms with Crippen molar-refractivity contribution in [2.24, 2.45) is 0 Å². The molecule has 9 heteroatoms. The van der Waals surface area contributed by atoms with E-state index in [9.17, 15) is 19.2 Å². The molecule has 1 aliphatic rings. The average Bonchev–Trinajstić information content (AvgIpc) is 3.06. The van der Waals surface area contributed by atoms with E-state index in [1.807, 2.05) is 32.0 Å². The summed E-state index contributed by atoms with van der Waals surface area (Å²) in [5.41, 5.74) is 2.60. The fourth-order valence-corrected chi connectivity index (χ4v) is 3.53. The van der Waals surface area contributed by atoms with Crippen molar-refractivity contribution < 1.29 is 23.9 Å². The van der Waals surface area contributed by atoms with Crippen molar-refractivity contribution in [3.8, 4) is 0 Å². The van der Waals surface area contributed by atoms with Gasteiger partial charge in [0.1, 0.15) is 0 Å². The molecule has 2 rings (SSSR count). The summed E-state index contributed by atoms with van der Waals surface area (Å²) in [6.45, 7) is 4.11. The first kappa shape index (κ1) is 21.7. The number of hydrogen-bond donors (Lipinski definition) is 1. The highest BCUT2D eigenvalue weighted by molar-refractivity contribution is 8.13. The maximum absolute atomic E-state index is 12.2. The summed E-state index contributed by atoms with van der Waals surface area (Å²) in [6.07, 6.45) is 0.0380. The third kappa shape index (κ3) is 6.26. The van der Waals surface area contributed by atoms with E-state index in [-0.39, 0.29) is 30.7 Å². The minimum absolute atomic E-state index is 0.0380. The van der Waals surface area contributed by atoms with Gasteiger partial charge in [-0.1, -0.05) is 30.0 Å². The Morgan fingerprint density at radius 2 is 1.93 bits per heavy atom. The average molecular weight is 407 g/mol. The molecule has 1 aliphatic heterocycles. The van der Waals surface area contributed by atoms with E-state index in [1.165, 1.54) is 23.7 Å². The van der Waals surface area contributed by atoms with Gasteiger partial charge in [-0.2, -0.15) is 0 Å². The normalized spacial score (nSPS) is 13.4. The summed E-state index contributed by atoms with van der Waals surface area (Å²) in [4.78, 5) is 50.3. The monoisotopic (exact) mass is 407 g/mol. The SMILES string of the molecule is Cc1cccc(C)c1NC(=O)CN(C)C(=O)COC(=O)CCN1CCSC1=O. The van der Waals surface area contributed by atoms with E-state index in [0.29, 0.717) is 6.54 Å². The molecule has 152 valence electrons. The Morgan fingerprint density at radius 3 is 2.54 bits per heavy atom. The number of carbonyl (C=O) groups is 4. The van der Waals surface area contributed by atoms with Gasteiger partial charge in [-0.3, -0.25) is 19.2 Å². The highest BCUT2D eigenvalue weighted by atomic mass is 32.2. The van der Waals surface area contributed by atoms with Crippen LogP contribution in [-0.2, 0) is 19.1 Å². The van der Waals surface area contributed by atoms with Crippen LogP contribution in [0, 0.1) is 13.8 Å². The fraction of sp³-hybridized carbons (Fsp3) is 0.474. The summed E-state index contributed by atoms with van der Waals surface area (Å²) < 4.78 is 4.95. The molecule has 1 saturated heterocycles. The number of anilines is 1. The number of aryl methyl sites for hydroxylation is 2. The van der Waals surface area contributed by atoms with Gasteiger partial charge in [-0.05, 0) is 25.0 Å². The van der Waals surface area contributed by atoms with Crippen molar-refractivity contribution in [1.82, 2.24) is 9.80 Å². The first-order chi connectivity index (χ1) is 13.3. The second kappa shape index (κ2) is 10.1. The molecule has 1 N–H and O–H groups in total. The molecule has 0 aromatic heterocycles. The number of carbonyl (C=O) groups excluding carboxylic acids is 4. The molecule has 1 aromatic carbocycles. The van der Waals surface area contributed by atoms with Gasteiger partial charge in [-0.15, -0.1) is 0 Å². The van der Waals surface area contributed by atoms with Crippen LogP contribution in [0.2, 0.25) is 0 Å². The highest BCUT2D eigenvalue weighted by Crippen LogP contribution is 2.19. The van der Waals surface area contributed by atoms with Crippen LogP contribution < -0.4 is 5.32 Å². The fourth-order valence-electron chi connectivity index (χ4n) is 2.67. The van der Waals surface area contributed by atoms with Crippen LogP contribution in [0.5, 0.6) is 0 Å². The van der Waals surface area contributed by atoms with Gasteiger partial charge < -0.3 is 19.9 Å². The second-order valence-electron chi connectivity index (χ2n) is 6.58. The van der Waals surface area contributed by atoms with Crippen LogP contribution in [0.1, 0.15) is 17.5 Å². The summed E-state index contributed by atoms with van der Waals surface area (Å²) in [6, 6.07) is 5.69. The predicted molar refractivity (Wildman–Crippen MR) is 107 cm³/mol. The summed E-state index contributed by atoms with van der Waals surface area (Å²) in [7, 11) is 1.47. The van der Waals surface area contributed by atoms with Gasteiger partial charge in [0, 0.05) is 31.6 Å². The van der Waals surface area contributed by atoms with E-state index in [1.54, 1.807) is 4.90 Å². The highest BCUT2D eigenvalue weighted by Gasteiger charge is 2.22. The molecule has 0 bridgehead atoms. The van der Waals surface area contributed by atoms with Crippen molar-refractivity contribution >= 4 is 40.5 Å². The number of hydrogen-bond acceptors (Lipinski definition) is 6. The van der Waals surface area contributed by atoms with Crippen LogP contribution in [0.3, 0.4) is 0 Å². The minimum Gasteiger partial charge on any atom is -0.456 e. The number of amides is 3. The van der Waals surface area contributed by atoms with E-state index in [4.69, 9.17) is 4.74 Å². The molecule has 0 radical (unpaired) electrons. The lowest BCUT2D eigenvalue weighted by Crippen LogP contribution is -2.37. The zero-order chi connectivity index (χ0) is 20.7. The Morgan fingerprint density at radius 1 is 1.25 bits per heavy atom. The number of thioether (sulfide) groups is 1. The second-order valence-corrected chi connectivity index (χ2v) is 7.62. The van der Waals surface area contributed by atoms with Gasteiger partial charge in [-0.25, -0.2) is 0 Å². The van der Waals surface area contributed by atoms with Gasteiger partial charge >= 0.3 is 5.97 Å². The smallest absolute Gasteiger partial charge is 0.308 e. The van der Waals surface area contributed by atoms with Crippen molar-refractivity contribution in [2.75, 3.05) is 44.4 Å². The van der Waals surface area contributed by atoms with Gasteiger partial charge in [0.2, 0.25) is 5.91 Å². The molecule has 1 heterocycles. The van der Waals surface area contributed by atoms with Crippen LogP contribution in [0.15, 0.2) is 18.2 Å². The molecule has 28 heavy (non-hydrogen) atoms. The number of benzene rings is 1. The maximum atomic E-state index is 12.2. The summed E-state index contributed by atoms with van der Waals surface area (Å²) in [5.74, 6) is -0.629.